The Hall–Kier alpha value is -2.64. The number of rotatable bonds is 4. The molecule has 20 heavy (non-hydrogen) atoms. The summed E-state index contributed by atoms with van der Waals surface area (Å²) in [4.78, 5) is 44.1. The molecule has 0 aromatic carbocycles. The van der Waals surface area contributed by atoms with Crippen LogP contribution in [0.5, 0.6) is 0 Å². The topological polar surface area (TPSA) is 149 Å². The van der Waals surface area contributed by atoms with Gasteiger partial charge in [0.2, 0.25) is 0 Å². The van der Waals surface area contributed by atoms with Crippen molar-refractivity contribution >= 4 is 23.9 Å². The Morgan fingerprint density at radius 3 is 1.95 bits per heavy atom. The standard InChI is InChI=1S/C12H12O8/c13-9(14)5-1-2-6(10(15)16)8(12(19)20)4-3-7(5)11(17)18/h1-2,5,7H,3-4H2,(H,13,14)(H,15,16)(H,17,18)(H,19,20). The van der Waals surface area contributed by atoms with Gasteiger partial charge < -0.3 is 20.4 Å². The minimum Gasteiger partial charge on any atom is -0.481 e. The van der Waals surface area contributed by atoms with Gasteiger partial charge in [-0.3, -0.25) is 9.59 Å². The van der Waals surface area contributed by atoms with Crippen molar-refractivity contribution in [3.8, 4) is 0 Å². The summed E-state index contributed by atoms with van der Waals surface area (Å²) in [7, 11) is 0. The van der Waals surface area contributed by atoms with Crippen LogP contribution in [0.15, 0.2) is 23.3 Å². The van der Waals surface area contributed by atoms with Crippen molar-refractivity contribution in [2.75, 3.05) is 0 Å². The van der Waals surface area contributed by atoms with Gasteiger partial charge in [-0.15, -0.1) is 0 Å². The fourth-order valence-corrected chi connectivity index (χ4v) is 2.00. The van der Waals surface area contributed by atoms with Crippen LogP contribution in [0.2, 0.25) is 0 Å². The zero-order valence-electron chi connectivity index (χ0n) is 10.1. The van der Waals surface area contributed by atoms with Gasteiger partial charge in [-0.25, -0.2) is 9.59 Å². The maximum Gasteiger partial charge on any atom is 0.336 e. The summed E-state index contributed by atoms with van der Waals surface area (Å²) >= 11 is 0. The molecular formula is C12H12O8. The monoisotopic (exact) mass is 284 g/mol. The van der Waals surface area contributed by atoms with Gasteiger partial charge in [-0.2, -0.15) is 0 Å². The Morgan fingerprint density at radius 1 is 0.950 bits per heavy atom. The van der Waals surface area contributed by atoms with Crippen LogP contribution < -0.4 is 0 Å². The molecule has 0 bridgehead atoms. The number of carbonyl (C=O) groups is 4. The minimum atomic E-state index is -1.50. The summed E-state index contributed by atoms with van der Waals surface area (Å²) in [6.07, 6.45) is 1.16. The van der Waals surface area contributed by atoms with Crippen LogP contribution in [0.4, 0.5) is 0 Å². The van der Waals surface area contributed by atoms with Crippen LogP contribution in [0.1, 0.15) is 12.8 Å². The van der Waals surface area contributed by atoms with E-state index in [2.05, 4.69) is 0 Å². The summed E-state index contributed by atoms with van der Waals surface area (Å²) in [6, 6.07) is 0. The van der Waals surface area contributed by atoms with E-state index in [1.807, 2.05) is 0 Å². The highest BCUT2D eigenvalue weighted by atomic mass is 16.4. The van der Waals surface area contributed by atoms with Gasteiger partial charge in [0, 0.05) is 0 Å². The highest BCUT2D eigenvalue weighted by molar-refractivity contribution is 6.01. The van der Waals surface area contributed by atoms with Crippen LogP contribution in [0.25, 0.3) is 0 Å². The summed E-state index contributed by atoms with van der Waals surface area (Å²) in [5, 5.41) is 35.9. The van der Waals surface area contributed by atoms with Gasteiger partial charge >= 0.3 is 23.9 Å². The maximum atomic E-state index is 11.0. The molecule has 1 aliphatic rings. The van der Waals surface area contributed by atoms with Crippen LogP contribution in [-0.2, 0) is 19.2 Å². The fraction of sp³-hybridized carbons (Fsp3) is 0.333. The Morgan fingerprint density at radius 2 is 1.55 bits per heavy atom. The molecule has 1 rings (SSSR count). The van der Waals surface area contributed by atoms with Crippen LogP contribution in [0.3, 0.4) is 0 Å². The predicted octanol–water partition coefficient (Wildman–Crippen LogP) is 0.204. The number of carboxylic acids is 4. The average molecular weight is 284 g/mol. The molecule has 8 heteroatoms. The molecule has 0 amide bonds. The van der Waals surface area contributed by atoms with E-state index in [1.165, 1.54) is 0 Å². The van der Waals surface area contributed by atoms with Gasteiger partial charge in [0.05, 0.1) is 23.0 Å². The first-order valence-electron chi connectivity index (χ1n) is 5.59. The molecule has 0 aromatic rings. The van der Waals surface area contributed by atoms with E-state index in [0.717, 1.165) is 12.2 Å². The highest BCUT2D eigenvalue weighted by Gasteiger charge is 2.34. The zero-order valence-corrected chi connectivity index (χ0v) is 10.1. The van der Waals surface area contributed by atoms with Crippen molar-refractivity contribution in [3.05, 3.63) is 23.3 Å². The van der Waals surface area contributed by atoms with Gasteiger partial charge in [-0.1, -0.05) is 12.2 Å². The molecule has 0 fully saturated rings. The van der Waals surface area contributed by atoms with Gasteiger partial charge in [-0.05, 0) is 12.8 Å². The van der Waals surface area contributed by atoms with E-state index in [9.17, 15) is 19.2 Å². The second-order valence-corrected chi connectivity index (χ2v) is 4.21. The lowest BCUT2D eigenvalue weighted by atomic mass is 9.83. The van der Waals surface area contributed by atoms with Crippen molar-refractivity contribution in [1.29, 1.82) is 0 Å². The van der Waals surface area contributed by atoms with E-state index in [4.69, 9.17) is 20.4 Å². The fourth-order valence-electron chi connectivity index (χ4n) is 2.00. The molecule has 2 atom stereocenters. The number of hydrogen-bond donors (Lipinski definition) is 4. The van der Waals surface area contributed by atoms with E-state index in [1.54, 1.807) is 0 Å². The Kier molecular flexibility index (Phi) is 4.63. The SMILES string of the molecule is O=C(O)C1=C(C(=O)O)CCC(C(=O)O)C(C(=O)O)C=C1. The lowest BCUT2D eigenvalue weighted by Crippen LogP contribution is -2.30. The zero-order chi connectivity index (χ0) is 15.4. The molecule has 0 heterocycles. The van der Waals surface area contributed by atoms with Gasteiger partial charge in [0.1, 0.15) is 0 Å². The smallest absolute Gasteiger partial charge is 0.336 e. The summed E-state index contributed by atoms with van der Waals surface area (Å²) in [6.45, 7) is 0. The summed E-state index contributed by atoms with van der Waals surface area (Å²) in [5.74, 6) is -8.46. The second-order valence-electron chi connectivity index (χ2n) is 4.21. The minimum absolute atomic E-state index is 0.269. The largest absolute Gasteiger partial charge is 0.481 e. The number of carboxylic acid groups (broad SMARTS) is 4. The van der Waals surface area contributed by atoms with E-state index < -0.39 is 46.9 Å². The maximum absolute atomic E-state index is 11.0. The third-order valence-electron chi connectivity index (χ3n) is 3.03. The molecule has 0 radical (unpaired) electrons. The summed E-state index contributed by atoms with van der Waals surface area (Å²) < 4.78 is 0. The molecule has 0 aliphatic heterocycles. The molecule has 1 aliphatic carbocycles. The quantitative estimate of drug-likeness (QED) is 0.572. The van der Waals surface area contributed by atoms with Crippen LogP contribution in [0, 0.1) is 11.8 Å². The third kappa shape index (κ3) is 3.22. The van der Waals surface area contributed by atoms with Crippen molar-refractivity contribution < 1.29 is 39.6 Å². The molecule has 0 saturated carbocycles. The van der Waals surface area contributed by atoms with Crippen LogP contribution in [-0.4, -0.2) is 44.3 Å². The van der Waals surface area contributed by atoms with E-state index >= 15 is 0 Å². The summed E-state index contributed by atoms with van der Waals surface area (Å²) in [5.41, 5.74) is -0.976. The molecule has 8 nitrogen and oxygen atoms in total. The van der Waals surface area contributed by atoms with Crippen LogP contribution >= 0.6 is 0 Å². The molecule has 0 spiro atoms. The molecule has 108 valence electrons. The predicted molar refractivity (Wildman–Crippen MR) is 62.9 cm³/mol. The van der Waals surface area contributed by atoms with Crippen molar-refractivity contribution in [2.45, 2.75) is 12.8 Å². The molecule has 0 aromatic heterocycles. The van der Waals surface area contributed by atoms with Gasteiger partial charge in [0.15, 0.2) is 0 Å². The second kappa shape index (κ2) is 6.00. The van der Waals surface area contributed by atoms with Crippen molar-refractivity contribution in [3.63, 3.8) is 0 Å². The van der Waals surface area contributed by atoms with Gasteiger partial charge in [0.25, 0.3) is 0 Å². The molecule has 0 saturated heterocycles. The average Bonchev–Trinajstić information content (AvgIpc) is 2.26. The van der Waals surface area contributed by atoms with E-state index in [0.29, 0.717) is 0 Å². The van der Waals surface area contributed by atoms with E-state index in [-0.39, 0.29) is 12.8 Å². The molecular weight excluding hydrogens is 272 g/mol. The molecule has 4 N–H and O–H groups in total. The number of hydrogen-bond acceptors (Lipinski definition) is 4. The first kappa shape index (κ1) is 15.4. The Bertz CT molecular complexity index is 528. The lowest BCUT2D eigenvalue weighted by Gasteiger charge is -2.20. The number of aliphatic carboxylic acids is 4. The third-order valence-corrected chi connectivity index (χ3v) is 3.03. The highest BCUT2D eigenvalue weighted by Crippen LogP contribution is 2.27. The Balaban J connectivity index is 3.32. The Labute approximate surface area is 112 Å². The first-order valence-corrected chi connectivity index (χ1v) is 5.59. The first-order chi connectivity index (χ1) is 9.25. The van der Waals surface area contributed by atoms with Crippen molar-refractivity contribution in [2.24, 2.45) is 11.8 Å². The van der Waals surface area contributed by atoms with Crippen molar-refractivity contribution in [1.82, 2.24) is 0 Å². The molecule has 2 unspecified atom stereocenters. The normalized spacial score (nSPS) is 22.8. The lowest BCUT2D eigenvalue weighted by molar-refractivity contribution is -0.152.